The molecule has 7 heavy (non-hydrogen) atoms. The van der Waals surface area contributed by atoms with Gasteiger partial charge in [0.15, 0.2) is 3.92 Å². The van der Waals surface area contributed by atoms with Gasteiger partial charge in [-0.05, 0) is 45.2 Å². The molecule has 1 rings (SSSR count). The van der Waals surface area contributed by atoms with Crippen LogP contribution in [0.1, 0.15) is 0 Å². The summed E-state index contributed by atoms with van der Waals surface area (Å²) in [5.41, 5.74) is 0. The van der Waals surface area contributed by atoms with Crippen LogP contribution in [-0.4, -0.2) is 7.85 Å². The molecule has 0 radical (unpaired) electrons. The van der Waals surface area contributed by atoms with Crippen LogP contribution in [-0.2, 0) is 0 Å². The molecule has 0 bridgehead atoms. The van der Waals surface area contributed by atoms with Crippen LogP contribution in [0.5, 0.6) is 0 Å². The number of rotatable bonds is 0. The summed E-state index contributed by atoms with van der Waals surface area (Å²) in [6.07, 6.45) is 0. The molecule has 0 aromatic carbocycles. The van der Waals surface area contributed by atoms with E-state index in [1.54, 1.807) is 3.92 Å². The van der Waals surface area contributed by atoms with Gasteiger partial charge in [0.2, 0.25) is 30.4 Å². The van der Waals surface area contributed by atoms with Crippen LogP contribution in [0.15, 0.2) is 0 Å². The molecule has 0 aromatic rings. The van der Waals surface area contributed by atoms with Crippen molar-refractivity contribution in [1.29, 1.82) is 0 Å². The van der Waals surface area contributed by atoms with Crippen LogP contribution in [0.3, 0.4) is 0 Å². The third-order valence-electron chi connectivity index (χ3n) is 0.675. The first-order valence-electron chi connectivity index (χ1n) is 1.54. The molecule has 0 saturated heterocycles. The average Bonchev–Trinajstić information content (AvgIpc) is 1.94. The second-order valence-corrected chi connectivity index (χ2v) is 5.12. The predicted molar refractivity (Wildman–Crippen MR) is 52.9 cm³/mol. The van der Waals surface area contributed by atoms with E-state index in [9.17, 15) is 0 Å². The van der Waals surface area contributed by atoms with Gasteiger partial charge >= 0.3 is 0 Å². The quantitative estimate of drug-likeness (QED) is 0.221. The molecule has 2 atom stereocenters. The Bertz CT molecular complexity index is 43.7. The van der Waals surface area contributed by atoms with Crippen molar-refractivity contribution in [2.75, 3.05) is 0 Å². The summed E-state index contributed by atoms with van der Waals surface area (Å²) in [4.78, 5) is 0. The Morgan fingerprint density at radius 3 is 1.29 bits per heavy atom. The zero-order chi connectivity index (χ0) is 4.73. The molecule has 0 aromatic heterocycles. The average molecular weight is 546 g/mol. The lowest BCUT2D eigenvalue weighted by Gasteiger charge is -1.47. The van der Waals surface area contributed by atoms with Crippen LogP contribution in [0.2, 0.25) is 0 Å². The minimum Gasteiger partial charge on any atom is -1.00 e. The summed E-state index contributed by atoms with van der Waals surface area (Å²) in [5, 5.41) is 0. The highest BCUT2D eigenvalue weighted by atomic mass is 127. The Balaban J connectivity index is 0.000000360. The van der Waals surface area contributed by atoms with E-state index in [1.807, 2.05) is 0 Å². The standard InChI is InChI=1S/C3H2I3.HI/c4-1-2(5)3(1)6;/h1-2H;1H/q+1;/p-1. The first-order valence-corrected chi connectivity index (χ1v) is 5.11. The summed E-state index contributed by atoms with van der Waals surface area (Å²) in [5.74, 6) is 0. The van der Waals surface area contributed by atoms with Crippen molar-refractivity contribution in [3.8, 4) is 0 Å². The maximum Gasteiger partial charge on any atom is 0.218 e. The van der Waals surface area contributed by atoms with Crippen molar-refractivity contribution in [2.45, 2.75) is 7.85 Å². The molecule has 0 aliphatic heterocycles. The number of hydrogen-bond donors (Lipinski definition) is 0. The molecule has 0 N–H and O–H groups in total. The van der Waals surface area contributed by atoms with E-state index in [0.717, 1.165) is 7.85 Å². The van der Waals surface area contributed by atoms with Crippen molar-refractivity contribution in [1.82, 2.24) is 0 Å². The first-order chi connectivity index (χ1) is 2.73. The van der Waals surface area contributed by atoms with E-state index >= 15 is 0 Å². The Hall–Kier alpha value is 2.79. The third-order valence-corrected chi connectivity index (χ3v) is 8.56. The van der Waals surface area contributed by atoms with E-state index < -0.39 is 0 Å². The fourth-order valence-electron chi connectivity index (χ4n) is 0.176. The van der Waals surface area contributed by atoms with Crippen LogP contribution >= 0.6 is 67.8 Å². The third kappa shape index (κ3) is 2.48. The molecule has 0 nitrogen and oxygen atoms in total. The topological polar surface area (TPSA) is 0 Å². The Labute approximate surface area is 101 Å². The monoisotopic (exact) mass is 546 g/mol. The van der Waals surface area contributed by atoms with Crippen LogP contribution in [0.4, 0.5) is 0 Å². The SMILES string of the molecule is I[C+]1C(I)C1I.[I-]. The molecule has 42 valence electrons. The van der Waals surface area contributed by atoms with Gasteiger partial charge in [-0.1, -0.05) is 0 Å². The normalized spacial score (nSPS) is 37.3. The van der Waals surface area contributed by atoms with Gasteiger partial charge in [-0.3, -0.25) is 0 Å². The Morgan fingerprint density at radius 1 is 1.14 bits per heavy atom. The van der Waals surface area contributed by atoms with Gasteiger partial charge in [0.05, 0.1) is 0 Å². The highest BCUT2D eigenvalue weighted by Crippen LogP contribution is 2.51. The molecule has 0 amide bonds. The lowest BCUT2D eigenvalue weighted by atomic mass is 11.0. The second-order valence-electron chi connectivity index (χ2n) is 1.19. The zero-order valence-corrected chi connectivity index (χ0v) is 11.8. The van der Waals surface area contributed by atoms with Crippen molar-refractivity contribution in [3.63, 3.8) is 0 Å². The van der Waals surface area contributed by atoms with E-state index in [4.69, 9.17) is 0 Å². The maximum absolute atomic E-state index is 2.45. The molecular formula is C3H2I4. The minimum atomic E-state index is 0. The van der Waals surface area contributed by atoms with Gasteiger partial charge in [-0.25, -0.2) is 0 Å². The Morgan fingerprint density at radius 2 is 1.29 bits per heavy atom. The highest BCUT2D eigenvalue weighted by Gasteiger charge is 2.60. The maximum atomic E-state index is 2.45. The molecule has 1 fully saturated rings. The fraction of sp³-hybridized carbons (Fsp3) is 0.667. The smallest absolute Gasteiger partial charge is 0.218 e. The van der Waals surface area contributed by atoms with Crippen molar-refractivity contribution < 1.29 is 24.0 Å². The Kier molecular flexibility index (Phi) is 5.37. The van der Waals surface area contributed by atoms with Gasteiger partial charge < -0.3 is 24.0 Å². The van der Waals surface area contributed by atoms with Gasteiger partial charge in [0.25, 0.3) is 0 Å². The van der Waals surface area contributed by atoms with Crippen molar-refractivity contribution in [2.24, 2.45) is 0 Å². The molecule has 0 heterocycles. The van der Waals surface area contributed by atoms with Crippen LogP contribution in [0.25, 0.3) is 0 Å². The first kappa shape index (κ1) is 9.79. The molecule has 2 unspecified atom stereocenters. The summed E-state index contributed by atoms with van der Waals surface area (Å²) in [6, 6.07) is 0. The molecular weight excluding hydrogens is 544 g/mol. The summed E-state index contributed by atoms with van der Waals surface area (Å²) in [6.45, 7) is 0. The van der Waals surface area contributed by atoms with E-state index in [0.29, 0.717) is 0 Å². The molecule has 1 aliphatic rings. The van der Waals surface area contributed by atoms with E-state index in [2.05, 4.69) is 67.8 Å². The number of alkyl halides is 2. The molecule has 0 spiro atoms. The lowest BCUT2D eigenvalue weighted by molar-refractivity contribution is -0.000000753. The van der Waals surface area contributed by atoms with Gasteiger partial charge in [-0.2, -0.15) is 0 Å². The van der Waals surface area contributed by atoms with Crippen LogP contribution in [0, 0.1) is 3.92 Å². The van der Waals surface area contributed by atoms with Crippen LogP contribution < -0.4 is 24.0 Å². The largest absolute Gasteiger partial charge is 1.00 e. The molecule has 4 heteroatoms. The minimum absolute atomic E-state index is 0. The second kappa shape index (κ2) is 3.84. The van der Waals surface area contributed by atoms with E-state index in [-0.39, 0.29) is 24.0 Å². The number of halogens is 4. The van der Waals surface area contributed by atoms with E-state index in [1.165, 1.54) is 0 Å². The molecule has 1 saturated carbocycles. The molecule has 1 aliphatic carbocycles. The fourth-order valence-corrected chi connectivity index (χ4v) is 3.91. The highest BCUT2D eigenvalue weighted by molar-refractivity contribution is 14.1. The number of hydrogen-bond acceptors (Lipinski definition) is 0. The van der Waals surface area contributed by atoms with Crippen molar-refractivity contribution >= 4 is 67.8 Å². The van der Waals surface area contributed by atoms with Crippen molar-refractivity contribution in [3.05, 3.63) is 3.92 Å². The van der Waals surface area contributed by atoms with Gasteiger partial charge in [-0.15, -0.1) is 0 Å². The predicted octanol–water partition coefficient (Wildman–Crippen LogP) is -0.422. The zero-order valence-electron chi connectivity index (χ0n) is 3.17. The van der Waals surface area contributed by atoms with Gasteiger partial charge in [0, 0.05) is 0 Å². The summed E-state index contributed by atoms with van der Waals surface area (Å²) in [7, 11) is 0. The summed E-state index contributed by atoms with van der Waals surface area (Å²) >= 11 is 7.32. The lowest BCUT2D eigenvalue weighted by Crippen LogP contribution is -3.00. The summed E-state index contributed by atoms with van der Waals surface area (Å²) < 4.78 is 3.38. The van der Waals surface area contributed by atoms with Gasteiger partial charge in [0.1, 0.15) is 0 Å².